The van der Waals surface area contributed by atoms with Gasteiger partial charge in [-0.15, -0.1) is 11.3 Å². The zero-order chi connectivity index (χ0) is 21.3. The number of fused-ring (bicyclic) bond motifs is 1. The molecule has 1 heterocycles. The molecule has 7 heteroatoms. The van der Waals surface area contributed by atoms with E-state index >= 15 is 0 Å². The van der Waals surface area contributed by atoms with E-state index in [1.165, 1.54) is 18.4 Å². The van der Waals surface area contributed by atoms with Gasteiger partial charge >= 0.3 is 5.97 Å². The Balaban J connectivity index is 1.90. The number of amides is 1. The SMILES string of the molecule is COC(=O)c1c(NC(=O)[C@@H]2CC=CC[C@H]2C(=O)[O-])sc2c1CC[C@@H](C(C)(C)C)C2. The van der Waals surface area contributed by atoms with Crippen LogP contribution in [0.5, 0.6) is 0 Å². The zero-order valence-corrected chi connectivity index (χ0v) is 18.2. The van der Waals surface area contributed by atoms with E-state index in [-0.39, 0.29) is 17.7 Å². The number of thiophene rings is 1. The van der Waals surface area contributed by atoms with Gasteiger partial charge in [0.15, 0.2) is 0 Å². The van der Waals surface area contributed by atoms with Crippen LogP contribution in [0.15, 0.2) is 12.2 Å². The van der Waals surface area contributed by atoms with Gasteiger partial charge in [-0.1, -0.05) is 32.9 Å². The smallest absolute Gasteiger partial charge is 0.341 e. The molecular formula is C22H28NO5S-. The van der Waals surface area contributed by atoms with Gasteiger partial charge in [-0.2, -0.15) is 0 Å². The molecule has 0 bridgehead atoms. The number of carbonyl (C=O) groups is 3. The molecule has 2 aliphatic carbocycles. The van der Waals surface area contributed by atoms with Gasteiger partial charge in [0.2, 0.25) is 5.91 Å². The van der Waals surface area contributed by atoms with E-state index in [0.29, 0.717) is 22.9 Å². The fourth-order valence-electron chi connectivity index (χ4n) is 4.30. The molecule has 158 valence electrons. The molecule has 3 atom stereocenters. The van der Waals surface area contributed by atoms with Crippen LogP contribution in [0.1, 0.15) is 60.8 Å². The molecule has 1 N–H and O–H groups in total. The first kappa shape index (κ1) is 21.6. The summed E-state index contributed by atoms with van der Waals surface area (Å²) in [7, 11) is 1.33. The van der Waals surface area contributed by atoms with Crippen LogP contribution in [0.4, 0.5) is 5.00 Å². The number of rotatable bonds is 4. The molecule has 6 nitrogen and oxygen atoms in total. The minimum absolute atomic E-state index is 0.159. The van der Waals surface area contributed by atoms with Gasteiger partial charge in [0.05, 0.1) is 18.6 Å². The Labute approximate surface area is 175 Å². The van der Waals surface area contributed by atoms with E-state index in [0.717, 1.165) is 29.7 Å². The summed E-state index contributed by atoms with van der Waals surface area (Å²) in [6, 6.07) is 0. The van der Waals surface area contributed by atoms with Gasteiger partial charge in [0, 0.05) is 16.8 Å². The lowest BCUT2D eigenvalue weighted by molar-refractivity contribution is -0.313. The van der Waals surface area contributed by atoms with Crippen LogP contribution in [0, 0.1) is 23.2 Å². The molecule has 1 aromatic heterocycles. The summed E-state index contributed by atoms with van der Waals surface area (Å²) in [5.41, 5.74) is 1.54. The number of allylic oxidation sites excluding steroid dienone is 2. The molecule has 29 heavy (non-hydrogen) atoms. The average Bonchev–Trinajstić information content (AvgIpc) is 3.03. The highest BCUT2D eigenvalue weighted by Gasteiger charge is 2.36. The third-order valence-electron chi connectivity index (χ3n) is 6.19. The number of hydrogen-bond acceptors (Lipinski definition) is 6. The van der Waals surface area contributed by atoms with Crippen molar-refractivity contribution >= 4 is 34.2 Å². The van der Waals surface area contributed by atoms with Crippen LogP contribution in [-0.2, 0) is 27.2 Å². The fourth-order valence-corrected chi connectivity index (χ4v) is 5.62. The van der Waals surface area contributed by atoms with Gasteiger partial charge in [-0.3, -0.25) is 4.79 Å². The number of carboxylic acids is 1. The maximum Gasteiger partial charge on any atom is 0.341 e. The molecule has 0 aliphatic heterocycles. The van der Waals surface area contributed by atoms with Gasteiger partial charge < -0.3 is 20.0 Å². The van der Waals surface area contributed by atoms with Crippen molar-refractivity contribution in [3.05, 3.63) is 28.2 Å². The standard InChI is InChI=1S/C22H29NO5S/c1-22(2,3)12-9-10-15-16(11-12)29-19(17(15)21(27)28-4)23-18(24)13-7-5-6-8-14(13)20(25)26/h5-6,12-14H,7-11H2,1-4H3,(H,23,24)(H,25,26)/p-1/t12-,13-,14-/m1/s1. The van der Waals surface area contributed by atoms with Crippen LogP contribution in [0.25, 0.3) is 0 Å². The van der Waals surface area contributed by atoms with E-state index in [2.05, 4.69) is 26.1 Å². The highest BCUT2D eigenvalue weighted by Crippen LogP contribution is 2.44. The largest absolute Gasteiger partial charge is 0.550 e. The lowest BCUT2D eigenvalue weighted by atomic mass is 9.72. The lowest BCUT2D eigenvalue weighted by Crippen LogP contribution is -2.41. The maximum atomic E-state index is 12.9. The van der Waals surface area contributed by atoms with E-state index in [9.17, 15) is 19.5 Å². The van der Waals surface area contributed by atoms with Crippen LogP contribution < -0.4 is 10.4 Å². The van der Waals surface area contributed by atoms with Crippen molar-refractivity contribution in [1.29, 1.82) is 0 Å². The van der Waals surface area contributed by atoms with Gasteiger partial charge in [0.1, 0.15) is 5.00 Å². The van der Waals surface area contributed by atoms with Crippen molar-refractivity contribution in [1.82, 2.24) is 0 Å². The van der Waals surface area contributed by atoms with E-state index < -0.39 is 23.8 Å². The summed E-state index contributed by atoms with van der Waals surface area (Å²) in [5, 5.41) is 14.7. The highest BCUT2D eigenvalue weighted by molar-refractivity contribution is 7.17. The van der Waals surface area contributed by atoms with E-state index in [1.807, 2.05) is 6.08 Å². The minimum Gasteiger partial charge on any atom is -0.550 e. The predicted molar refractivity (Wildman–Crippen MR) is 110 cm³/mol. The third kappa shape index (κ3) is 4.39. The topological polar surface area (TPSA) is 95.5 Å². The van der Waals surface area contributed by atoms with Crippen molar-refractivity contribution in [3.8, 4) is 0 Å². The summed E-state index contributed by atoms with van der Waals surface area (Å²) < 4.78 is 4.98. The van der Waals surface area contributed by atoms with Crippen molar-refractivity contribution in [2.45, 2.75) is 52.9 Å². The number of nitrogens with one attached hydrogen (secondary N) is 1. The van der Waals surface area contributed by atoms with Gasteiger partial charge in [-0.05, 0) is 49.0 Å². The first-order valence-electron chi connectivity index (χ1n) is 10.0. The second kappa shape index (κ2) is 8.30. The minimum atomic E-state index is -1.22. The molecular weight excluding hydrogens is 390 g/mol. The summed E-state index contributed by atoms with van der Waals surface area (Å²) in [6.45, 7) is 6.66. The Morgan fingerprint density at radius 1 is 1.17 bits per heavy atom. The number of hydrogen-bond donors (Lipinski definition) is 1. The van der Waals surface area contributed by atoms with Crippen LogP contribution >= 0.6 is 11.3 Å². The van der Waals surface area contributed by atoms with Gasteiger partial charge in [0.25, 0.3) is 0 Å². The quantitative estimate of drug-likeness (QED) is 0.599. The Kier molecular flexibility index (Phi) is 6.17. The normalized spacial score (nSPS) is 23.9. The molecule has 1 amide bonds. The van der Waals surface area contributed by atoms with E-state index in [1.54, 1.807) is 6.08 Å². The number of esters is 1. The Morgan fingerprint density at radius 3 is 2.41 bits per heavy atom. The zero-order valence-electron chi connectivity index (χ0n) is 17.4. The number of methoxy groups -OCH3 is 1. The second-order valence-electron chi connectivity index (χ2n) is 8.97. The Morgan fingerprint density at radius 2 is 1.83 bits per heavy atom. The molecule has 1 aromatic rings. The number of ether oxygens (including phenoxy) is 1. The van der Waals surface area contributed by atoms with Crippen molar-refractivity contribution in [2.75, 3.05) is 12.4 Å². The van der Waals surface area contributed by atoms with Crippen LogP contribution in [0.3, 0.4) is 0 Å². The molecule has 0 aromatic carbocycles. The van der Waals surface area contributed by atoms with Gasteiger partial charge in [-0.25, -0.2) is 4.79 Å². The molecule has 0 saturated heterocycles. The molecule has 0 radical (unpaired) electrons. The number of carboxylic acid groups (broad SMARTS) is 1. The molecule has 0 saturated carbocycles. The Bertz CT molecular complexity index is 848. The first-order chi connectivity index (χ1) is 13.6. The maximum absolute atomic E-state index is 12.9. The van der Waals surface area contributed by atoms with E-state index in [4.69, 9.17) is 4.74 Å². The van der Waals surface area contributed by atoms with Crippen LogP contribution in [-0.4, -0.2) is 25.0 Å². The predicted octanol–water partition coefficient (Wildman–Crippen LogP) is 2.96. The second-order valence-corrected chi connectivity index (χ2v) is 10.1. The molecule has 0 fully saturated rings. The summed E-state index contributed by atoms with van der Waals surface area (Å²) >= 11 is 1.41. The number of aliphatic carboxylic acids is 1. The molecule has 0 spiro atoms. The van der Waals surface area contributed by atoms with Crippen LogP contribution in [0.2, 0.25) is 0 Å². The fraction of sp³-hybridized carbons (Fsp3) is 0.591. The monoisotopic (exact) mass is 418 g/mol. The summed E-state index contributed by atoms with van der Waals surface area (Å²) in [4.78, 5) is 37.9. The number of carbonyl (C=O) groups excluding carboxylic acids is 3. The first-order valence-corrected chi connectivity index (χ1v) is 10.8. The number of anilines is 1. The summed E-state index contributed by atoms with van der Waals surface area (Å²) in [6.07, 6.45) is 6.80. The van der Waals surface area contributed by atoms with Crippen molar-refractivity contribution in [2.24, 2.45) is 23.2 Å². The Hall–Kier alpha value is -2.15. The summed E-state index contributed by atoms with van der Waals surface area (Å²) in [5.74, 6) is -3.15. The van der Waals surface area contributed by atoms with Crippen molar-refractivity contribution in [3.63, 3.8) is 0 Å². The molecule has 3 rings (SSSR count). The van der Waals surface area contributed by atoms with Crippen molar-refractivity contribution < 1.29 is 24.2 Å². The molecule has 0 unspecified atom stereocenters. The molecule has 2 aliphatic rings. The average molecular weight is 419 g/mol. The highest BCUT2D eigenvalue weighted by atomic mass is 32.1. The third-order valence-corrected chi connectivity index (χ3v) is 7.36. The lowest BCUT2D eigenvalue weighted by Gasteiger charge is -2.33.